The highest BCUT2D eigenvalue weighted by atomic mass is 79.9. The largest absolute Gasteiger partial charge is 0.495 e. The van der Waals surface area contributed by atoms with Gasteiger partial charge in [-0.3, -0.25) is 0 Å². The van der Waals surface area contributed by atoms with Gasteiger partial charge in [-0.05, 0) is 29.3 Å². The van der Waals surface area contributed by atoms with Crippen molar-refractivity contribution in [2.24, 2.45) is 0 Å². The normalized spacial score (nSPS) is 10.8. The van der Waals surface area contributed by atoms with Crippen LogP contribution in [0.5, 0.6) is 5.75 Å². The summed E-state index contributed by atoms with van der Waals surface area (Å²) in [6, 6.07) is 4.33. The molecule has 0 unspecified atom stereocenters. The molecule has 0 fully saturated rings. The minimum absolute atomic E-state index is 0.838. The Labute approximate surface area is 95.8 Å². The molecule has 0 aliphatic rings. The molecule has 3 heteroatoms. The average molecular weight is 271 g/mol. The first-order valence-electron chi connectivity index (χ1n) is 4.37. The van der Waals surface area contributed by atoms with Gasteiger partial charge in [-0.2, -0.15) is 0 Å². The molecule has 74 valence electrons. The van der Waals surface area contributed by atoms with Crippen LogP contribution in [0.25, 0.3) is 10.1 Å². The molecule has 1 heterocycles. The van der Waals surface area contributed by atoms with Gasteiger partial charge in [-0.25, -0.2) is 0 Å². The minimum Gasteiger partial charge on any atom is -0.495 e. The van der Waals surface area contributed by atoms with Gasteiger partial charge in [0.15, 0.2) is 0 Å². The lowest BCUT2D eigenvalue weighted by Gasteiger charge is -2.09. The summed E-state index contributed by atoms with van der Waals surface area (Å²) >= 11 is 5.22. The summed E-state index contributed by atoms with van der Waals surface area (Å²) in [7, 11) is 1.73. The number of thiophene rings is 1. The maximum Gasteiger partial charge on any atom is 0.140 e. The topological polar surface area (TPSA) is 9.23 Å². The van der Waals surface area contributed by atoms with Crippen molar-refractivity contribution < 1.29 is 4.74 Å². The zero-order valence-corrected chi connectivity index (χ0v) is 10.5. The summed E-state index contributed by atoms with van der Waals surface area (Å²) in [5, 5.41) is 4.25. The predicted octanol–water partition coefficient (Wildman–Crippen LogP) is 4.11. The van der Waals surface area contributed by atoms with E-state index in [1.54, 1.807) is 18.4 Å². The van der Waals surface area contributed by atoms with Crippen molar-refractivity contribution in [3.63, 3.8) is 0 Å². The SMILES string of the molecule is COc1c(CBr)cc(C)c2ccsc12. The number of rotatable bonds is 2. The standard InChI is InChI=1S/C11H11BrOS/c1-7-5-8(6-12)10(13-2)11-9(7)3-4-14-11/h3-5H,6H2,1-2H3. The quantitative estimate of drug-likeness (QED) is 0.747. The number of fused-ring (bicyclic) bond motifs is 1. The Bertz CT molecular complexity index is 462. The van der Waals surface area contributed by atoms with Gasteiger partial charge in [0.25, 0.3) is 0 Å². The fraction of sp³-hybridized carbons (Fsp3) is 0.273. The number of hydrogen-bond acceptors (Lipinski definition) is 2. The van der Waals surface area contributed by atoms with E-state index >= 15 is 0 Å². The first-order chi connectivity index (χ1) is 6.77. The third kappa shape index (κ3) is 1.44. The molecule has 1 nitrogen and oxygen atoms in total. The lowest BCUT2D eigenvalue weighted by Crippen LogP contribution is -1.90. The van der Waals surface area contributed by atoms with Gasteiger partial charge in [0.2, 0.25) is 0 Å². The van der Waals surface area contributed by atoms with Crippen molar-refractivity contribution in [2.45, 2.75) is 12.3 Å². The fourth-order valence-electron chi connectivity index (χ4n) is 1.67. The van der Waals surface area contributed by atoms with Gasteiger partial charge in [-0.1, -0.05) is 22.0 Å². The van der Waals surface area contributed by atoms with Crippen LogP contribution in [0, 0.1) is 6.92 Å². The average Bonchev–Trinajstić information content (AvgIpc) is 2.66. The van der Waals surface area contributed by atoms with Gasteiger partial charge in [0.05, 0.1) is 11.8 Å². The summed E-state index contributed by atoms with van der Waals surface area (Å²) in [5.41, 5.74) is 2.54. The van der Waals surface area contributed by atoms with E-state index in [-0.39, 0.29) is 0 Å². The summed E-state index contributed by atoms with van der Waals surface area (Å²) in [6.45, 7) is 2.14. The Morgan fingerprint density at radius 1 is 1.50 bits per heavy atom. The number of alkyl halides is 1. The highest BCUT2D eigenvalue weighted by Crippen LogP contribution is 2.36. The number of benzene rings is 1. The Morgan fingerprint density at radius 3 is 2.93 bits per heavy atom. The van der Waals surface area contributed by atoms with E-state index in [0.717, 1.165) is 11.1 Å². The lowest BCUT2D eigenvalue weighted by molar-refractivity contribution is 0.417. The fourth-order valence-corrected chi connectivity index (χ4v) is 3.10. The van der Waals surface area contributed by atoms with E-state index in [0.29, 0.717) is 0 Å². The molecule has 0 saturated carbocycles. The van der Waals surface area contributed by atoms with Crippen LogP contribution in [0.3, 0.4) is 0 Å². The van der Waals surface area contributed by atoms with Crippen molar-refractivity contribution in [1.82, 2.24) is 0 Å². The van der Waals surface area contributed by atoms with Crippen LogP contribution < -0.4 is 4.74 Å². The predicted molar refractivity (Wildman–Crippen MR) is 65.7 cm³/mol. The van der Waals surface area contributed by atoms with Crippen molar-refractivity contribution in [3.05, 3.63) is 28.6 Å². The zero-order chi connectivity index (χ0) is 10.1. The molecular formula is C11H11BrOS. The molecule has 0 atom stereocenters. The van der Waals surface area contributed by atoms with Crippen LogP contribution in [0.4, 0.5) is 0 Å². The smallest absolute Gasteiger partial charge is 0.140 e. The molecule has 0 radical (unpaired) electrons. The van der Waals surface area contributed by atoms with E-state index in [1.165, 1.54) is 21.2 Å². The van der Waals surface area contributed by atoms with Crippen LogP contribution in [0.1, 0.15) is 11.1 Å². The molecular weight excluding hydrogens is 260 g/mol. The molecule has 0 spiro atoms. The molecule has 0 aliphatic carbocycles. The molecule has 1 aromatic carbocycles. The van der Waals surface area contributed by atoms with Gasteiger partial charge in [0, 0.05) is 10.9 Å². The number of aryl methyl sites for hydroxylation is 1. The van der Waals surface area contributed by atoms with E-state index < -0.39 is 0 Å². The third-order valence-corrected chi connectivity index (χ3v) is 3.84. The van der Waals surface area contributed by atoms with Crippen molar-refractivity contribution in [2.75, 3.05) is 7.11 Å². The van der Waals surface area contributed by atoms with E-state index in [1.807, 2.05) is 0 Å². The molecule has 2 aromatic rings. The second-order valence-electron chi connectivity index (χ2n) is 3.18. The minimum atomic E-state index is 0.838. The van der Waals surface area contributed by atoms with Crippen LogP contribution >= 0.6 is 27.3 Å². The highest BCUT2D eigenvalue weighted by molar-refractivity contribution is 9.08. The second-order valence-corrected chi connectivity index (χ2v) is 4.66. The van der Waals surface area contributed by atoms with E-state index in [2.05, 4.69) is 40.4 Å². The van der Waals surface area contributed by atoms with Crippen molar-refractivity contribution >= 4 is 37.4 Å². The van der Waals surface area contributed by atoms with Crippen LogP contribution in [-0.4, -0.2) is 7.11 Å². The maximum absolute atomic E-state index is 5.44. The lowest BCUT2D eigenvalue weighted by atomic mass is 10.1. The van der Waals surface area contributed by atoms with Crippen molar-refractivity contribution in [3.8, 4) is 5.75 Å². The van der Waals surface area contributed by atoms with E-state index in [9.17, 15) is 0 Å². The highest BCUT2D eigenvalue weighted by Gasteiger charge is 2.10. The Kier molecular flexibility index (Phi) is 2.79. The summed E-state index contributed by atoms with van der Waals surface area (Å²) in [6.07, 6.45) is 0. The first kappa shape index (κ1) is 9.99. The van der Waals surface area contributed by atoms with Crippen molar-refractivity contribution in [1.29, 1.82) is 0 Å². The Morgan fingerprint density at radius 2 is 2.29 bits per heavy atom. The van der Waals surface area contributed by atoms with Gasteiger partial charge in [0.1, 0.15) is 5.75 Å². The molecule has 2 rings (SSSR count). The third-order valence-electron chi connectivity index (χ3n) is 2.33. The summed E-state index contributed by atoms with van der Waals surface area (Å²) in [5.74, 6) is 1.01. The Balaban J connectivity index is 2.82. The van der Waals surface area contributed by atoms with E-state index in [4.69, 9.17) is 4.74 Å². The summed E-state index contributed by atoms with van der Waals surface area (Å²) < 4.78 is 6.70. The zero-order valence-electron chi connectivity index (χ0n) is 8.13. The number of ether oxygens (including phenoxy) is 1. The van der Waals surface area contributed by atoms with Crippen LogP contribution in [-0.2, 0) is 5.33 Å². The molecule has 0 amide bonds. The van der Waals surface area contributed by atoms with Gasteiger partial charge >= 0.3 is 0 Å². The first-order valence-corrected chi connectivity index (χ1v) is 6.37. The van der Waals surface area contributed by atoms with Gasteiger partial charge in [-0.15, -0.1) is 11.3 Å². The molecule has 0 saturated heterocycles. The molecule has 0 bridgehead atoms. The second kappa shape index (κ2) is 3.91. The Hall–Kier alpha value is -0.540. The molecule has 14 heavy (non-hydrogen) atoms. The number of methoxy groups -OCH3 is 1. The molecule has 0 aliphatic heterocycles. The van der Waals surface area contributed by atoms with Crippen LogP contribution in [0.2, 0.25) is 0 Å². The molecule has 0 N–H and O–H groups in total. The summed E-state index contributed by atoms with van der Waals surface area (Å²) in [4.78, 5) is 0. The maximum atomic E-state index is 5.44. The van der Waals surface area contributed by atoms with Gasteiger partial charge < -0.3 is 4.74 Å². The van der Waals surface area contributed by atoms with Crippen LogP contribution in [0.15, 0.2) is 17.5 Å². The number of halogens is 1. The number of hydrogen-bond donors (Lipinski definition) is 0. The monoisotopic (exact) mass is 270 g/mol. The molecule has 1 aromatic heterocycles.